The molecule has 0 radical (unpaired) electrons. The third kappa shape index (κ3) is 4.31. The molecule has 2 aromatic rings. The molecule has 0 atom stereocenters. The van der Waals surface area contributed by atoms with Crippen molar-refractivity contribution in [3.63, 3.8) is 0 Å². The van der Waals surface area contributed by atoms with Crippen molar-refractivity contribution in [1.82, 2.24) is 9.80 Å². The molecule has 130 valence electrons. The van der Waals surface area contributed by atoms with E-state index in [0.29, 0.717) is 26.2 Å². The minimum Gasteiger partial charge on any atom is -0.336 e. The fourth-order valence-electron chi connectivity index (χ4n) is 2.90. The fourth-order valence-corrected chi connectivity index (χ4v) is 2.90. The Bertz CT molecular complexity index is 733. The molecule has 0 unspecified atom stereocenters. The second-order valence-corrected chi connectivity index (χ2v) is 6.00. The molecule has 1 aliphatic heterocycles. The van der Waals surface area contributed by atoms with Crippen LogP contribution in [-0.2, 0) is 0 Å². The van der Waals surface area contributed by atoms with E-state index in [1.54, 1.807) is 0 Å². The van der Waals surface area contributed by atoms with Gasteiger partial charge in [-0.2, -0.15) is 0 Å². The molecular weight excluding hydrogens is 322 g/mol. The van der Waals surface area contributed by atoms with E-state index in [1.807, 2.05) is 30.3 Å². The smallest absolute Gasteiger partial charge is 0.259 e. The van der Waals surface area contributed by atoms with Crippen molar-refractivity contribution >= 4 is 12.0 Å². The molecular formula is C20H20F2N2O. The van der Waals surface area contributed by atoms with Crippen LogP contribution in [0.2, 0.25) is 0 Å². The Labute approximate surface area is 146 Å². The zero-order chi connectivity index (χ0) is 17.6. The second-order valence-electron chi connectivity index (χ2n) is 6.00. The van der Waals surface area contributed by atoms with Crippen LogP contribution in [-0.4, -0.2) is 48.4 Å². The Morgan fingerprint density at radius 3 is 2.20 bits per heavy atom. The molecule has 5 heteroatoms. The lowest BCUT2D eigenvalue weighted by atomic mass is 10.1. The lowest BCUT2D eigenvalue weighted by molar-refractivity contribution is 0.0640. The van der Waals surface area contributed by atoms with E-state index in [-0.39, 0.29) is 0 Å². The third-order valence-corrected chi connectivity index (χ3v) is 4.31. The van der Waals surface area contributed by atoms with Gasteiger partial charge in [-0.3, -0.25) is 9.69 Å². The van der Waals surface area contributed by atoms with E-state index in [0.717, 1.165) is 24.2 Å². The van der Waals surface area contributed by atoms with Crippen LogP contribution < -0.4 is 0 Å². The van der Waals surface area contributed by atoms with Gasteiger partial charge in [-0.05, 0) is 17.7 Å². The van der Waals surface area contributed by atoms with Gasteiger partial charge >= 0.3 is 0 Å². The third-order valence-electron chi connectivity index (χ3n) is 4.31. The minimum atomic E-state index is -0.807. The van der Waals surface area contributed by atoms with Crippen molar-refractivity contribution < 1.29 is 13.6 Å². The van der Waals surface area contributed by atoms with Crippen molar-refractivity contribution in [2.24, 2.45) is 0 Å². The number of rotatable bonds is 4. The van der Waals surface area contributed by atoms with Gasteiger partial charge in [0.15, 0.2) is 0 Å². The first-order valence-electron chi connectivity index (χ1n) is 8.32. The number of carbonyl (C=O) groups excluding carboxylic acids is 1. The van der Waals surface area contributed by atoms with Crippen LogP contribution in [0.25, 0.3) is 6.08 Å². The van der Waals surface area contributed by atoms with Gasteiger partial charge in [-0.1, -0.05) is 48.6 Å². The summed E-state index contributed by atoms with van der Waals surface area (Å²) in [6.07, 6.45) is 4.15. The second kappa shape index (κ2) is 8.03. The maximum atomic E-state index is 13.8. The summed E-state index contributed by atoms with van der Waals surface area (Å²) in [5.74, 6) is -2.19. The molecule has 25 heavy (non-hydrogen) atoms. The number of hydrogen-bond donors (Lipinski definition) is 0. The zero-order valence-corrected chi connectivity index (χ0v) is 13.9. The van der Waals surface area contributed by atoms with E-state index < -0.39 is 23.1 Å². The zero-order valence-electron chi connectivity index (χ0n) is 13.9. The number of amides is 1. The molecule has 1 aliphatic rings. The summed E-state index contributed by atoms with van der Waals surface area (Å²) in [4.78, 5) is 16.1. The molecule has 1 amide bonds. The summed E-state index contributed by atoms with van der Waals surface area (Å²) in [6.45, 7) is 3.07. The van der Waals surface area contributed by atoms with Crippen LogP contribution in [0, 0.1) is 11.6 Å². The quantitative estimate of drug-likeness (QED) is 0.850. The molecule has 0 spiro atoms. The summed E-state index contributed by atoms with van der Waals surface area (Å²) in [5.41, 5.74) is 0.686. The van der Waals surface area contributed by atoms with E-state index in [2.05, 4.69) is 17.1 Å². The summed E-state index contributed by atoms with van der Waals surface area (Å²) in [7, 11) is 0. The Morgan fingerprint density at radius 1 is 0.920 bits per heavy atom. The normalized spacial score (nSPS) is 15.7. The lowest BCUT2D eigenvalue weighted by Gasteiger charge is -2.34. The van der Waals surface area contributed by atoms with Crippen molar-refractivity contribution in [2.75, 3.05) is 32.7 Å². The highest BCUT2D eigenvalue weighted by Gasteiger charge is 2.26. The van der Waals surface area contributed by atoms with Gasteiger partial charge in [-0.25, -0.2) is 8.78 Å². The average molecular weight is 342 g/mol. The van der Waals surface area contributed by atoms with Gasteiger partial charge in [0.05, 0.1) is 0 Å². The SMILES string of the molecule is O=C(c1c(F)cccc1F)N1CCN(CC=Cc2ccccc2)CC1. The van der Waals surface area contributed by atoms with Crippen LogP contribution in [0.5, 0.6) is 0 Å². The lowest BCUT2D eigenvalue weighted by Crippen LogP contribution is -2.49. The van der Waals surface area contributed by atoms with Crippen molar-refractivity contribution in [2.45, 2.75) is 0 Å². The van der Waals surface area contributed by atoms with Gasteiger partial charge in [-0.15, -0.1) is 0 Å². The summed E-state index contributed by atoms with van der Waals surface area (Å²) in [6, 6.07) is 13.5. The molecule has 1 heterocycles. The molecule has 0 N–H and O–H groups in total. The van der Waals surface area contributed by atoms with Gasteiger partial charge in [0.2, 0.25) is 0 Å². The Kier molecular flexibility index (Phi) is 5.56. The molecule has 3 rings (SSSR count). The largest absolute Gasteiger partial charge is 0.336 e. The maximum Gasteiger partial charge on any atom is 0.259 e. The Hall–Kier alpha value is -2.53. The predicted octanol–water partition coefficient (Wildman–Crippen LogP) is 3.44. The van der Waals surface area contributed by atoms with Crippen molar-refractivity contribution in [1.29, 1.82) is 0 Å². The first-order chi connectivity index (χ1) is 12.1. The van der Waals surface area contributed by atoms with E-state index >= 15 is 0 Å². The molecule has 0 bridgehead atoms. The topological polar surface area (TPSA) is 23.6 Å². The molecule has 0 saturated carbocycles. The molecule has 0 aromatic heterocycles. The van der Waals surface area contributed by atoms with E-state index in [1.165, 1.54) is 11.0 Å². The van der Waals surface area contributed by atoms with Gasteiger partial charge in [0, 0.05) is 32.7 Å². The number of carbonyl (C=O) groups is 1. The molecule has 2 aromatic carbocycles. The van der Waals surface area contributed by atoms with E-state index in [4.69, 9.17) is 0 Å². The van der Waals surface area contributed by atoms with Crippen LogP contribution in [0.4, 0.5) is 8.78 Å². The highest BCUT2D eigenvalue weighted by molar-refractivity contribution is 5.94. The highest BCUT2D eigenvalue weighted by atomic mass is 19.1. The van der Waals surface area contributed by atoms with Crippen LogP contribution in [0.1, 0.15) is 15.9 Å². The fraction of sp³-hybridized carbons (Fsp3) is 0.250. The maximum absolute atomic E-state index is 13.8. The Balaban J connectivity index is 1.53. The molecule has 1 saturated heterocycles. The number of nitrogens with zero attached hydrogens (tertiary/aromatic N) is 2. The van der Waals surface area contributed by atoms with E-state index in [9.17, 15) is 13.6 Å². The molecule has 1 fully saturated rings. The molecule has 3 nitrogen and oxygen atoms in total. The number of benzene rings is 2. The standard InChI is InChI=1S/C20H20F2N2O/c21-17-9-4-10-18(22)19(17)20(25)24-14-12-23(13-15-24)11-5-8-16-6-2-1-3-7-16/h1-10H,11-15H2. The van der Waals surface area contributed by atoms with Crippen molar-refractivity contribution in [3.8, 4) is 0 Å². The monoisotopic (exact) mass is 342 g/mol. The van der Waals surface area contributed by atoms with Gasteiger partial charge < -0.3 is 4.90 Å². The highest BCUT2D eigenvalue weighted by Crippen LogP contribution is 2.16. The van der Waals surface area contributed by atoms with Gasteiger partial charge in [0.25, 0.3) is 5.91 Å². The summed E-state index contributed by atoms with van der Waals surface area (Å²) >= 11 is 0. The predicted molar refractivity (Wildman–Crippen MR) is 94.2 cm³/mol. The summed E-state index contributed by atoms with van der Waals surface area (Å²) in [5, 5.41) is 0. The first kappa shape index (κ1) is 17.3. The Morgan fingerprint density at radius 2 is 1.56 bits per heavy atom. The number of halogens is 2. The average Bonchev–Trinajstić information content (AvgIpc) is 2.63. The van der Waals surface area contributed by atoms with Crippen LogP contribution in [0.3, 0.4) is 0 Å². The summed E-state index contributed by atoms with van der Waals surface area (Å²) < 4.78 is 27.5. The number of piperazine rings is 1. The first-order valence-corrected chi connectivity index (χ1v) is 8.32. The molecule has 0 aliphatic carbocycles. The van der Waals surface area contributed by atoms with Crippen LogP contribution in [0.15, 0.2) is 54.6 Å². The van der Waals surface area contributed by atoms with Gasteiger partial charge in [0.1, 0.15) is 17.2 Å². The van der Waals surface area contributed by atoms with Crippen LogP contribution >= 0.6 is 0 Å². The number of hydrogen-bond acceptors (Lipinski definition) is 2. The van der Waals surface area contributed by atoms with Crippen molar-refractivity contribution in [3.05, 3.63) is 77.4 Å². The minimum absolute atomic E-state index is 0.458.